The van der Waals surface area contributed by atoms with Gasteiger partial charge in [0.2, 0.25) is 5.88 Å². The van der Waals surface area contributed by atoms with Crippen molar-refractivity contribution in [2.75, 3.05) is 6.61 Å². The predicted octanol–water partition coefficient (Wildman–Crippen LogP) is 0.899. The SMILES string of the molecule is O=c1ccc(-c2ccc(OC(F)F)nc2)nn1CCO. The van der Waals surface area contributed by atoms with Crippen LogP contribution in [0.1, 0.15) is 0 Å². The van der Waals surface area contributed by atoms with Crippen LogP contribution < -0.4 is 10.3 Å². The molecule has 106 valence electrons. The van der Waals surface area contributed by atoms with Crippen LogP contribution in [0.4, 0.5) is 8.78 Å². The molecular formula is C12H11F2N3O3. The summed E-state index contributed by atoms with van der Waals surface area (Å²) in [7, 11) is 0. The number of alkyl halides is 2. The van der Waals surface area contributed by atoms with Gasteiger partial charge in [0, 0.05) is 23.9 Å². The minimum absolute atomic E-state index is 0.0761. The molecule has 0 saturated heterocycles. The fourth-order valence-corrected chi connectivity index (χ4v) is 1.55. The van der Waals surface area contributed by atoms with Gasteiger partial charge < -0.3 is 9.84 Å². The van der Waals surface area contributed by atoms with Gasteiger partial charge in [-0.2, -0.15) is 13.9 Å². The summed E-state index contributed by atoms with van der Waals surface area (Å²) in [6.45, 7) is -3.07. The summed E-state index contributed by atoms with van der Waals surface area (Å²) in [5, 5.41) is 12.9. The van der Waals surface area contributed by atoms with Gasteiger partial charge >= 0.3 is 6.61 Å². The van der Waals surface area contributed by atoms with Crippen molar-refractivity contribution in [3.8, 4) is 17.1 Å². The summed E-state index contributed by atoms with van der Waals surface area (Å²) >= 11 is 0. The molecular weight excluding hydrogens is 272 g/mol. The molecule has 0 aliphatic heterocycles. The van der Waals surface area contributed by atoms with Crippen LogP contribution in [0.5, 0.6) is 5.88 Å². The molecule has 0 aliphatic rings. The zero-order chi connectivity index (χ0) is 14.5. The zero-order valence-electron chi connectivity index (χ0n) is 10.2. The molecule has 20 heavy (non-hydrogen) atoms. The Hall–Kier alpha value is -2.35. The predicted molar refractivity (Wildman–Crippen MR) is 65.4 cm³/mol. The maximum Gasteiger partial charge on any atom is 0.388 e. The summed E-state index contributed by atoms with van der Waals surface area (Å²) in [5.74, 6) is -0.201. The van der Waals surface area contributed by atoms with Gasteiger partial charge in [-0.25, -0.2) is 9.67 Å². The first-order valence-corrected chi connectivity index (χ1v) is 5.70. The first-order valence-electron chi connectivity index (χ1n) is 5.70. The lowest BCUT2D eigenvalue weighted by molar-refractivity contribution is -0.0528. The largest absolute Gasteiger partial charge is 0.417 e. The van der Waals surface area contributed by atoms with Gasteiger partial charge in [-0.05, 0) is 12.1 Å². The third-order valence-corrected chi connectivity index (χ3v) is 2.42. The van der Waals surface area contributed by atoms with Gasteiger partial charge in [-0.1, -0.05) is 0 Å². The van der Waals surface area contributed by atoms with E-state index >= 15 is 0 Å². The van der Waals surface area contributed by atoms with Crippen molar-refractivity contribution in [3.05, 3.63) is 40.8 Å². The second-order valence-electron chi connectivity index (χ2n) is 3.77. The number of nitrogens with zero attached hydrogens (tertiary/aromatic N) is 3. The van der Waals surface area contributed by atoms with E-state index in [-0.39, 0.29) is 24.6 Å². The van der Waals surface area contributed by atoms with Crippen LogP contribution >= 0.6 is 0 Å². The van der Waals surface area contributed by atoms with Gasteiger partial charge in [-0.3, -0.25) is 4.79 Å². The average Bonchev–Trinajstić information content (AvgIpc) is 2.42. The fourth-order valence-electron chi connectivity index (χ4n) is 1.55. The highest BCUT2D eigenvalue weighted by Crippen LogP contribution is 2.18. The van der Waals surface area contributed by atoms with E-state index in [0.717, 1.165) is 4.68 Å². The van der Waals surface area contributed by atoms with Crippen LogP contribution in [0.2, 0.25) is 0 Å². The van der Waals surface area contributed by atoms with E-state index in [1.165, 1.54) is 30.5 Å². The lowest BCUT2D eigenvalue weighted by Crippen LogP contribution is -2.23. The highest BCUT2D eigenvalue weighted by Gasteiger charge is 2.07. The average molecular weight is 283 g/mol. The molecule has 0 aliphatic carbocycles. The summed E-state index contributed by atoms with van der Waals surface area (Å²) in [6.07, 6.45) is 1.31. The molecule has 8 heteroatoms. The summed E-state index contributed by atoms with van der Waals surface area (Å²) < 4.78 is 29.2. The van der Waals surface area contributed by atoms with Gasteiger partial charge in [0.1, 0.15) is 0 Å². The number of ether oxygens (including phenoxy) is 1. The van der Waals surface area contributed by atoms with Crippen molar-refractivity contribution in [3.63, 3.8) is 0 Å². The van der Waals surface area contributed by atoms with E-state index in [1.54, 1.807) is 0 Å². The third-order valence-electron chi connectivity index (χ3n) is 2.42. The van der Waals surface area contributed by atoms with Gasteiger partial charge in [0.05, 0.1) is 18.8 Å². The van der Waals surface area contributed by atoms with Gasteiger partial charge in [0.25, 0.3) is 5.56 Å². The minimum Gasteiger partial charge on any atom is -0.417 e. The monoisotopic (exact) mass is 283 g/mol. The van der Waals surface area contributed by atoms with Crippen molar-refractivity contribution in [2.45, 2.75) is 13.2 Å². The Morgan fingerprint density at radius 3 is 2.70 bits per heavy atom. The van der Waals surface area contributed by atoms with Crippen LogP contribution in [0.25, 0.3) is 11.3 Å². The minimum atomic E-state index is -2.93. The first kappa shape index (κ1) is 14.1. The Morgan fingerprint density at radius 2 is 2.10 bits per heavy atom. The maximum absolute atomic E-state index is 12.0. The zero-order valence-corrected chi connectivity index (χ0v) is 10.2. The molecule has 0 spiro atoms. The Balaban J connectivity index is 2.27. The standard InChI is InChI=1S/C12H11F2N3O3/c13-12(14)20-10-3-1-8(7-15-10)9-2-4-11(19)17(16-9)5-6-18/h1-4,7,12,18H,5-6H2. The van der Waals surface area contributed by atoms with Crippen LogP contribution in [0, 0.1) is 0 Å². The molecule has 0 saturated carbocycles. The summed E-state index contributed by atoms with van der Waals surface area (Å²) in [4.78, 5) is 15.2. The maximum atomic E-state index is 12.0. The smallest absolute Gasteiger partial charge is 0.388 e. The summed E-state index contributed by atoms with van der Waals surface area (Å²) in [5.41, 5.74) is 0.640. The molecule has 0 unspecified atom stereocenters. The number of rotatable bonds is 5. The molecule has 6 nitrogen and oxygen atoms in total. The highest BCUT2D eigenvalue weighted by atomic mass is 19.3. The second-order valence-corrected chi connectivity index (χ2v) is 3.77. The van der Waals surface area contributed by atoms with E-state index in [2.05, 4.69) is 14.8 Å². The van der Waals surface area contributed by atoms with E-state index in [4.69, 9.17) is 5.11 Å². The van der Waals surface area contributed by atoms with Crippen molar-refractivity contribution >= 4 is 0 Å². The van der Waals surface area contributed by atoms with Crippen LogP contribution in [0.15, 0.2) is 35.3 Å². The van der Waals surface area contributed by atoms with E-state index in [9.17, 15) is 13.6 Å². The second kappa shape index (κ2) is 6.20. The molecule has 0 atom stereocenters. The van der Waals surface area contributed by atoms with Gasteiger partial charge in [0.15, 0.2) is 0 Å². The molecule has 0 radical (unpaired) electrons. The number of aromatic nitrogens is 3. The molecule has 2 rings (SSSR count). The molecule has 0 amide bonds. The van der Waals surface area contributed by atoms with Crippen molar-refractivity contribution < 1.29 is 18.6 Å². The molecule has 0 aromatic carbocycles. The molecule has 0 bridgehead atoms. The normalized spacial score (nSPS) is 10.8. The number of pyridine rings is 1. The third kappa shape index (κ3) is 3.35. The van der Waals surface area contributed by atoms with Crippen molar-refractivity contribution in [1.29, 1.82) is 0 Å². The lowest BCUT2D eigenvalue weighted by Gasteiger charge is -2.06. The number of halogens is 2. The number of aliphatic hydroxyl groups is 1. The first-order chi connectivity index (χ1) is 9.60. The number of aliphatic hydroxyl groups excluding tert-OH is 1. The molecule has 2 aromatic rings. The molecule has 2 aromatic heterocycles. The Kier molecular flexibility index (Phi) is 4.36. The van der Waals surface area contributed by atoms with E-state index in [0.29, 0.717) is 11.3 Å². The number of hydrogen-bond acceptors (Lipinski definition) is 5. The topological polar surface area (TPSA) is 77.2 Å². The highest BCUT2D eigenvalue weighted by molar-refractivity contribution is 5.57. The van der Waals surface area contributed by atoms with Crippen molar-refractivity contribution in [2.24, 2.45) is 0 Å². The van der Waals surface area contributed by atoms with Crippen LogP contribution in [0.3, 0.4) is 0 Å². The quantitative estimate of drug-likeness (QED) is 0.882. The van der Waals surface area contributed by atoms with Crippen LogP contribution in [-0.2, 0) is 6.54 Å². The van der Waals surface area contributed by atoms with E-state index in [1.807, 2.05) is 0 Å². The van der Waals surface area contributed by atoms with Gasteiger partial charge in [-0.15, -0.1) is 0 Å². The molecule has 0 fully saturated rings. The Morgan fingerprint density at radius 1 is 1.30 bits per heavy atom. The Labute approximate surface area is 112 Å². The van der Waals surface area contributed by atoms with Crippen LogP contribution in [-0.4, -0.2) is 33.1 Å². The molecule has 2 heterocycles. The Bertz CT molecular complexity index is 629. The fraction of sp³-hybridized carbons (Fsp3) is 0.250. The number of hydrogen-bond donors (Lipinski definition) is 1. The molecule has 1 N–H and O–H groups in total. The van der Waals surface area contributed by atoms with Crippen molar-refractivity contribution in [1.82, 2.24) is 14.8 Å². The van der Waals surface area contributed by atoms with E-state index < -0.39 is 6.61 Å². The lowest BCUT2D eigenvalue weighted by atomic mass is 10.2. The summed E-state index contributed by atoms with van der Waals surface area (Å²) in [6, 6.07) is 5.58.